The number of rotatable bonds is 11. The smallest absolute Gasteiger partial charge is 0.167 e. The molecule has 0 N–H and O–H groups in total. The molecule has 4 rings (SSSR count). The number of aryl methyl sites for hydroxylation is 1. The van der Waals surface area contributed by atoms with Gasteiger partial charge in [-0.05, 0) is 49.3 Å². The molecule has 1 aliphatic heterocycles. The summed E-state index contributed by atoms with van der Waals surface area (Å²) in [7, 11) is 0. The van der Waals surface area contributed by atoms with Crippen LogP contribution in [0, 0.1) is 29.2 Å². The van der Waals surface area contributed by atoms with Crippen molar-refractivity contribution in [1.29, 1.82) is 0 Å². The van der Waals surface area contributed by atoms with Crippen LogP contribution in [-0.2, 0) is 11.2 Å². The maximum Gasteiger partial charge on any atom is 0.167 e. The van der Waals surface area contributed by atoms with Crippen molar-refractivity contribution in [2.45, 2.75) is 77.7 Å². The van der Waals surface area contributed by atoms with Crippen LogP contribution < -0.4 is 0 Å². The van der Waals surface area contributed by atoms with Gasteiger partial charge in [0.1, 0.15) is 0 Å². The predicted octanol–water partition coefficient (Wildman–Crippen LogP) is 10.5. The second-order valence-electron chi connectivity index (χ2n) is 10.5. The van der Waals surface area contributed by atoms with E-state index >= 15 is 8.78 Å². The summed E-state index contributed by atoms with van der Waals surface area (Å²) in [6, 6.07) is 12.8. The molecule has 208 valence electrons. The zero-order valence-corrected chi connectivity index (χ0v) is 22.9. The highest BCUT2D eigenvalue weighted by atomic mass is 19.2. The Hall–Kier alpha value is -2.92. The summed E-state index contributed by atoms with van der Waals surface area (Å²) in [4.78, 5) is 0. The number of halogens is 4. The van der Waals surface area contributed by atoms with Crippen LogP contribution in [0.15, 0.2) is 60.7 Å². The Kier molecular flexibility index (Phi) is 10.4. The monoisotopic (exact) mass is 538 g/mol. The molecule has 1 heterocycles. The molecule has 0 radical (unpaired) electrons. The number of allylic oxidation sites excluding steroid dienone is 1. The molecule has 0 saturated carbocycles. The minimum absolute atomic E-state index is 0.117. The Labute approximate surface area is 229 Å². The standard InChI is InChI=1S/C34H38F4O/c1-3-5-6-7-8-9-11-26-17-18-27(32(36)31(26)35)24-13-15-25(16-14-24)28-19-20-29(34(38)33(28)37)30-21-12-23(10-4-2)22-39-30/h4,10,13-20,23,30H,3,5-9,11-12,21-22H2,1-2H3/b10-4+. The van der Waals surface area contributed by atoms with Gasteiger partial charge >= 0.3 is 0 Å². The molecule has 0 bridgehead atoms. The maximum atomic E-state index is 15.1. The van der Waals surface area contributed by atoms with E-state index in [4.69, 9.17) is 4.74 Å². The molecule has 3 aromatic rings. The molecule has 39 heavy (non-hydrogen) atoms. The van der Waals surface area contributed by atoms with Crippen LogP contribution in [0.1, 0.15) is 82.4 Å². The van der Waals surface area contributed by atoms with Crippen molar-refractivity contribution in [1.82, 2.24) is 0 Å². The van der Waals surface area contributed by atoms with Gasteiger partial charge in [0.2, 0.25) is 0 Å². The third-order valence-electron chi connectivity index (χ3n) is 7.70. The van der Waals surface area contributed by atoms with E-state index in [-0.39, 0.29) is 16.7 Å². The summed E-state index contributed by atoms with van der Waals surface area (Å²) in [5.74, 6) is -3.23. The van der Waals surface area contributed by atoms with Gasteiger partial charge in [-0.3, -0.25) is 0 Å². The summed E-state index contributed by atoms with van der Waals surface area (Å²) in [6.07, 6.45) is 12.1. The second kappa shape index (κ2) is 13.9. The number of hydrogen-bond acceptors (Lipinski definition) is 1. The Morgan fingerprint density at radius 1 is 0.718 bits per heavy atom. The molecular formula is C34H38F4O. The second-order valence-corrected chi connectivity index (χ2v) is 10.5. The van der Waals surface area contributed by atoms with Crippen LogP contribution in [0.4, 0.5) is 17.6 Å². The Bertz CT molecular complexity index is 1260. The highest BCUT2D eigenvalue weighted by molar-refractivity contribution is 5.71. The fourth-order valence-electron chi connectivity index (χ4n) is 5.41. The van der Waals surface area contributed by atoms with Gasteiger partial charge in [-0.15, -0.1) is 0 Å². The van der Waals surface area contributed by atoms with E-state index in [1.165, 1.54) is 19.3 Å². The minimum atomic E-state index is -0.935. The zero-order chi connectivity index (χ0) is 27.8. The third-order valence-corrected chi connectivity index (χ3v) is 7.70. The highest BCUT2D eigenvalue weighted by Gasteiger charge is 2.26. The molecule has 3 aromatic carbocycles. The average Bonchev–Trinajstić information content (AvgIpc) is 2.95. The van der Waals surface area contributed by atoms with E-state index in [0.29, 0.717) is 42.1 Å². The summed E-state index contributed by atoms with van der Waals surface area (Å²) < 4.78 is 65.7. The lowest BCUT2D eigenvalue weighted by molar-refractivity contribution is -0.00743. The lowest BCUT2D eigenvalue weighted by atomic mass is 9.92. The molecule has 2 atom stereocenters. The predicted molar refractivity (Wildman–Crippen MR) is 150 cm³/mol. The van der Waals surface area contributed by atoms with Crippen LogP contribution >= 0.6 is 0 Å². The van der Waals surface area contributed by atoms with E-state index in [2.05, 4.69) is 13.0 Å². The van der Waals surface area contributed by atoms with Crippen LogP contribution in [0.2, 0.25) is 0 Å². The quantitative estimate of drug-likeness (QED) is 0.134. The van der Waals surface area contributed by atoms with Gasteiger partial charge in [-0.1, -0.05) is 99.7 Å². The van der Waals surface area contributed by atoms with Gasteiger partial charge in [0, 0.05) is 22.6 Å². The van der Waals surface area contributed by atoms with Crippen molar-refractivity contribution < 1.29 is 22.3 Å². The maximum absolute atomic E-state index is 15.1. The molecule has 0 amide bonds. The highest BCUT2D eigenvalue weighted by Crippen LogP contribution is 2.36. The number of ether oxygens (including phenoxy) is 1. The summed E-state index contributed by atoms with van der Waals surface area (Å²) in [5, 5.41) is 0. The van der Waals surface area contributed by atoms with Crippen molar-refractivity contribution in [2.75, 3.05) is 6.61 Å². The molecule has 1 nitrogen and oxygen atoms in total. The third kappa shape index (κ3) is 7.00. The van der Waals surface area contributed by atoms with Gasteiger partial charge in [0.05, 0.1) is 12.7 Å². The Morgan fingerprint density at radius 3 is 1.95 bits per heavy atom. The van der Waals surface area contributed by atoms with E-state index in [1.807, 2.05) is 13.0 Å². The van der Waals surface area contributed by atoms with Crippen molar-refractivity contribution in [3.8, 4) is 22.3 Å². The summed E-state index contributed by atoms with van der Waals surface area (Å²) >= 11 is 0. The first-order valence-corrected chi connectivity index (χ1v) is 14.2. The summed E-state index contributed by atoms with van der Waals surface area (Å²) in [6.45, 7) is 4.60. The Balaban J connectivity index is 1.45. The van der Waals surface area contributed by atoms with E-state index < -0.39 is 29.4 Å². The molecule has 1 aliphatic rings. The number of unbranched alkanes of at least 4 members (excludes halogenated alkanes) is 5. The molecule has 1 fully saturated rings. The van der Waals surface area contributed by atoms with Crippen LogP contribution in [-0.4, -0.2) is 6.61 Å². The number of hydrogen-bond donors (Lipinski definition) is 0. The van der Waals surface area contributed by atoms with Crippen LogP contribution in [0.5, 0.6) is 0 Å². The summed E-state index contributed by atoms with van der Waals surface area (Å²) in [5.41, 5.74) is 1.82. The Morgan fingerprint density at radius 2 is 1.33 bits per heavy atom. The number of benzene rings is 3. The molecule has 0 spiro atoms. The molecule has 0 aromatic heterocycles. The minimum Gasteiger partial charge on any atom is -0.373 e. The first-order chi connectivity index (χ1) is 18.9. The lowest BCUT2D eigenvalue weighted by Gasteiger charge is -2.28. The first-order valence-electron chi connectivity index (χ1n) is 14.2. The largest absolute Gasteiger partial charge is 0.373 e. The van der Waals surface area contributed by atoms with E-state index in [9.17, 15) is 8.78 Å². The van der Waals surface area contributed by atoms with Crippen molar-refractivity contribution in [3.05, 3.63) is 95.1 Å². The molecular weight excluding hydrogens is 500 g/mol. The zero-order valence-electron chi connectivity index (χ0n) is 22.9. The van der Waals surface area contributed by atoms with Crippen molar-refractivity contribution >= 4 is 0 Å². The van der Waals surface area contributed by atoms with Gasteiger partial charge in [-0.25, -0.2) is 17.6 Å². The van der Waals surface area contributed by atoms with Gasteiger partial charge < -0.3 is 4.74 Å². The van der Waals surface area contributed by atoms with Gasteiger partial charge in [0.25, 0.3) is 0 Å². The lowest BCUT2D eigenvalue weighted by Crippen LogP contribution is -2.20. The van der Waals surface area contributed by atoms with Crippen LogP contribution in [0.25, 0.3) is 22.3 Å². The molecule has 0 aliphatic carbocycles. The van der Waals surface area contributed by atoms with E-state index in [0.717, 1.165) is 25.7 Å². The fraction of sp³-hybridized carbons (Fsp3) is 0.412. The van der Waals surface area contributed by atoms with E-state index in [1.54, 1.807) is 48.5 Å². The van der Waals surface area contributed by atoms with Crippen LogP contribution in [0.3, 0.4) is 0 Å². The average molecular weight is 539 g/mol. The SMILES string of the molecule is C/C=C/C1CCC(c2ccc(-c3ccc(-c4ccc(CCCCCCCC)c(F)c4F)cc3)c(F)c2F)OC1. The van der Waals surface area contributed by atoms with Crippen molar-refractivity contribution in [2.24, 2.45) is 5.92 Å². The van der Waals surface area contributed by atoms with Gasteiger partial charge in [-0.2, -0.15) is 0 Å². The first kappa shape index (κ1) is 29.1. The fourth-order valence-corrected chi connectivity index (χ4v) is 5.41. The van der Waals surface area contributed by atoms with Crippen molar-refractivity contribution in [3.63, 3.8) is 0 Å². The van der Waals surface area contributed by atoms with Gasteiger partial charge in [0.15, 0.2) is 23.3 Å². The normalized spacial score (nSPS) is 17.7. The molecule has 1 saturated heterocycles. The topological polar surface area (TPSA) is 9.23 Å². The molecule has 2 unspecified atom stereocenters. The molecule has 5 heteroatoms.